The Morgan fingerprint density at radius 1 is 1.07 bits per heavy atom. The van der Waals surface area contributed by atoms with E-state index in [1.807, 2.05) is 36.9 Å². The Hall–Kier alpha value is -2.37. The highest BCUT2D eigenvalue weighted by Gasteiger charge is 2.59. The standard InChI is InChI=1S/C21H29N3O3/c1-15(2)10-18(25)23-11-17-12-24(19(26)16-8-6-5-7-9-16)14-21(17,13-23)20(27)22(3)4/h5-9,15,17H,10-14H2,1-4H3/t17-,21-/m1/s1. The van der Waals surface area contributed by atoms with Crippen LogP contribution in [-0.2, 0) is 9.59 Å². The molecule has 2 aliphatic heterocycles. The van der Waals surface area contributed by atoms with E-state index in [9.17, 15) is 14.4 Å². The van der Waals surface area contributed by atoms with Crippen molar-refractivity contribution in [3.05, 3.63) is 35.9 Å². The van der Waals surface area contributed by atoms with Crippen LogP contribution in [0.4, 0.5) is 0 Å². The zero-order chi connectivity index (χ0) is 19.8. The number of hydrogen-bond donors (Lipinski definition) is 0. The minimum Gasteiger partial charge on any atom is -0.348 e. The molecule has 27 heavy (non-hydrogen) atoms. The molecule has 0 unspecified atom stereocenters. The van der Waals surface area contributed by atoms with Crippen molar-refractivity contribution in [2.75, 3.05) is 40.3 Å². The molecule has 0 spiro atoms. The van der Waals surface area contributed by atoms with Crippen molar-refractivity contribution < 1.29 is 14.4 Å². The fourth-order valence-electron chi connectivity index (χ4n) is 4.40. The monoisotopic (exact) mass is 371 g/mol. The van der Waals surface area contributed by atoms with E-state index in [-0.39, 0.29) is 29.6 Å². The van der Waals surface area contributed by atoms with Crippen LogP contribution in [0.15, 0.2) is 30.3 Å². The predicted molar refractivity (Wildman–Crippen MR) is 103 cm³/mol. The molecule has 3 amide bonds. The molecule has 0 N–H and O–H groups in total. The number of amides is 3. The first-order valence-corrected chi connectivity index (χ1v) is 9.58. The summed E-state index contributed by atoms with van der Waals surface area (Å²) in [5.74, 6) is 0.337. The molecule has 6 heteroatoms. The fourth-order valence-corrected chi connectivity index (χ4v) is 4.40. The van der Waals surface area contributed by atoms with Crippen molar-refractivity contribution in [3.63, 3.8) is 0 Å². The quantitative estimate of drug-likeness (QED) is 0.810. The topological polar surface area (TPSA) is 60.9 Å². The summed E-state index contributed by atoms with van der Waals surface area (Å²) in [6, 6.07) is 9.17. The zero-order valence-corrected chi connectivity index (χ0v) is 16.6. The van der Waals surface area contributed by atoms with Gasteiger partial charge in [-0.05, 0) is 18.1 Å². The lowest BCUT2D eigenvalue weighted by Crippen LogP contribution is -2.48. The van der Waals surface area contributed by atoms with Gasteiger partial charge in [0, 0.05) is 58.2 Å². The van der Waals surface area contributed by atoms with Gasteiger partial charge in [0.25, 0.3) is 5.91 Å². The summed E-state index contributed by atoms with van der Waals surface area (Å²) in [5.41, 5.74) is -0.0571. The minimum atomic E-state index is -0.694. The normalized spacial score (nSPS) is 24.3. The third-order valence-electron chi connectivity index (χ3n) is 5.68. The number of nitrogens with zero attached hydrogens (tertiary/aromatic N) is 3. The zero-order valence-electron chi connectivity index (χ0n) is 16.6. The van der Waals surface area contributed by atoms with Crippen LogP contribution < -0.4 is 0 Å². The minimum absolute atomic E-state index is 0.00992. The first-order valence-electron chi connectivity index (χ1n) is 9.58. The summed E-state index contributed by atoms with van der Waals surface area (Å²) in [6.07, 6.45) is 0.492. The third-order valence-corrected chi connectivity index (χ3v) is 5.68. The highest BCUT2D eigenvalue weighted by molar-refractivity contribution is 5.96. The molecule has 0 saturated carbocycles. The van der Waals surface area contributed by atoms with Crippen LogP contribution in [0.3, 0.4) is 0 Å². The average Bonchev–Trinajstić information content (AvgIpc) is 3.15. The Bertz CT molecular complexity index is 731. The van der Waals surface area contributed by atoms with Crippen LogP contribution in [-0.4, -0.2) is 72.7 Å². The predicted octanol–water partition coefficient (Wildman–Crippen LogP) is 1.72. The lowest BCUT2D eigenvalue weighted by atomic mass is 9.79. The molecule has 1 aromatic carbocycles. The van der Waals surface area contributed by atoms with E-state index in [4.69, 9.17) is 0 Å². The molecule has 2 atom stereocenters. The van der Waals surface area contributed by atoms with E-state index in [0.717, 1.165) is 0 Å². The van der Waals surface area contributed by atoms with Gasteiger partial charge in [0.1, 0.15) is 0 Å². The molecule has 6 nitrogen and oxygen atoms in total. The van der Waals surface area contributed by atoms with E-state index >= 15 is 0 Å². The van der Waals surface area contributed by atoms with Crippen LogP contribution in [0.1, 0.15) is 30.6 Å². The van der Waals surface area contributed by atoms with Crippen LogP contribution in [0, 0.1) is 17.3 Å². The van der Waals surface area contributed by atoms with Crippen LogP contribution in [0.25, 0.3) is 0 Å². The molecule has 0 radical (unpaired) electrons. The summed E-state index contributed by atoms with van der Waals surface area (Å²) >= 11 is 0. The van der Waals surface area contributed by atoms with Crippen molar-refractivity contribution in [1.82, 2.24) is 14.7 Å². The summed E-state index contributed by atoms with van der Waals surface area (Å²) in [4.78, 5) is 43.8. The Kier molecular flexibility index (Phi) is 5.27. The molecule has 2 fully saturated rings. The van der Waals surface area contributed by atoms with Gasteiger partial charge in [-0.15, -0.1) is 0 Å². The van der Waals surface area contributed by atoms with Crippen LogP contribution in [0.2, 0.25) is 0 Å². The SMILES string of the molecule is CC(C)CC(=O)N1C[C@@H]2CN(C(=O)c3ccccc3)C[C@]2(C(=O)N(C)C)C1. The number of carbonyl (C=O) groups is 3. The maximum atomic E-state index is 13.1. The number of benzene rings is 1. The van der Waals surface area contributed by atoms with Gasteiger partial charge in [0.05, 0.1) is 5.41 Å². The second-order valence-electron chi connectivity index (χ2n) is 8.48. The molecule has 2 saturated heterocycles. The highest BCUT2D eigenvalue weighted by atomic mass is 16.2. The Morgan fingerprint density at radius 2 is 1.67 bits per heavy atom. The number of likely N-dealkylation sites (tertiary alicyclic amines) is 2. The van der Waals surface area contributed by atoms with Gasteiger partial charge < -0.3 is 14.7 Å². The molecule has 0 aliphatic carbocycles. The maximum absolute atomic E-state index is 13.1. The van der Waals surface area contributed by atoms with E-state index in [2.05, 4.69) is 0 Å². The molecular formula is C21H29N3O3. The molecule has 146 valence electrons. The van der Waals surface area contributed by atoms with Crippen molar-refractivity contribution in [3.8, 4) is 0 Å². The molecule has 1 aromatic rings. The average molecular weight is 371 g/mol. The third kappa shape index (κ3) is 3.57. The van der Waals surface area contributed by atoms with Crippen LogP contribution >= 0.6 is 0 Å². The molecular weight excluding hydrogens is 342 g/mol. The highest BCUT2D eigenvalue weighted by Crippen LogP contribution is 2.44. The van der Waals surface area contributed by atoms with Crippen LogP contribution in [0.5, 0.6) is 0 Å². The van der Waals surface area contributed by atoms with E-state index in [0.29, 0.717) is 38.2 Å². The van der Waals surface area contributed by atoms with Gasteiger partial charge in [0.15, 0.2) is 0 Å². The summed E-state index contributed by atoms with van der Waals surface area (Å²) in [6.45, 7) is 5.88. The summed E-state index contributed by atoms with van der Waals surface area (Å²) in [7, 11) is 3.49. The molecule has 0 aromatic heterocycles. The second kappa shape index (κ2) is 7.33. The van der Waals surface area contributed by atoms with Gasteiger partial charge in [-0.25, -0.2) is 0 Å². The van der Waals surface area contributed by atoms with Crippen molar-refractivity contribution in [1.29, 1.82) is 0 Å². The van der Waals surface area contributed by atoms with Gasteiger partial charge >= 0.3 is 0 Å². The van der Waals surface area contributed by atoms with E-state index in [1.165, 1.54) is 0 Å². The smallest absolute Gasteiger partial charge is 0.253 e. The first-order chi connectivity index (χ1) is 12.7. The Morgan fingerprint density at radius 3 is 2.26 bits per heavy atom. The largest absolute Gasteiger partial charge is 0.348 e. The van der Waals surface area contributed by atoms with Gasteiger partial charge in [-0.3, -0.25) is 14.4 Å². The Balaban J connectivity index is 1.83. The lowest BCUT2D eigenvalue weighted by Gasteiger charge is -2.31. The molecule has 3 rings (SSSR count). The fraction of sp³-hybridized carbons (Fsp3) is 0.571. The number of fused-ring (bicyclic) bond motifs is 1. The van der Waals surface area contributed by atoms with Gasteiger partial charge in [0.2, 0.25) is 11.8 Å². The molecule has 0 bridgehead atoms. The Labute approximate surface area is 161 Å². The number of hydrogen-bond acceptors (Lipinski definition) is 3. The molecule has 2 aliphatic rings. The summed E-state index contributed by atoms with van der Waals surface area (Å²) < 4.78 is 0. The van der Waals surface area contributed by atoms with Crippen molar-refractivity contribution in [2.45, 2.75) is 20.3 Å². The van der Waals surface area contributed by atoms with Crippen molar-refractivity contribution >= 4 is 17.7 Å². The molecule has 2 heterocycles. The van der Waals surface area contributed by atoms with Gasteiger partial charge in [-0.2, -0.15) is 0 Å². The van der Waals surface area contributed by atoms with E-state index < -0.39 is 5.41 Å². The van der Waals surface area contributed by atoms with Crippen molar-refractivity contribution in [2.24, 2.45) is 17.3 Å². The van der Waals surface area contributed by atoms with E-state index in [1.54, 1.807) is 36.0 Å². The second-order valence-corrected chi connectivity index (χ2v) is 8.48. The number of rotatable bonds is 4. The maximum Gasteiger partial charge on any atom is 0.253 e. The first kappa shape index (κ1) is 19.4. The summed E-state index contributed by atoms with van der Waals surface area (Å²) in [5, 5.41) is 0. The number of carbonyl (C=O) groups excluding carboxylic acids is 3. The van der Waals surface area contributed by atoms with Gasteiger partial charge in [-0.1, -0.05) is 32.0 Å². The lowest BCUT2D eigenvalue weighted by molar-refractivity contribution is -0.140.